The van der Waals surface area contributed by atoms with Gasteiger partial charge in [-0.15, -0.1) is 0 Å². The number of hydrogen-bond acceptors (Lipinski definition) is 3. The molecule has 0 N–H and O–H groups in total. The number of para-hydroxylation sites is 2. The van der Waals surface area contributed by atoms with Crippen molar-refractivity contribution in [1.29, 1.82) is 0 Å². The summed E-state index contributed by atoms with van der Waals surface area (Å²) in [6, 6.07) is 54.5. The molecule has 0 unspecified atom stereocenters. The molecule has 314 valence electrons. The molecule has 14 rings (SSSR count). The molecule has 11 aromatic rings. The number of fused-ring (bicyclic) bond motifs is 15. The van der Waals surface area contributed by atoms with Crippen LogP contribution in [0.3, 0.4) is 0 Å². The van der Waals surface area contributed by atoms with Crippen molar-refractivity contribution in [3.63, 3.8) is 0 Å². The van der Waals surface area contributed by atoms with E-state index >= 15 is 0 Å². The van der Waals surface area contributed by atoms with Crippen LogP contribution in [0.4, 0.5) is 17.1 Å². The van der Waals surface area contributed by atoms with Crippen molar-refractivity contribution < 1.29 is 8.83 Å². The summed E-state index contributed by atoms with van der Waals surface area (Å²) in [6.45, 7) is 16.4. The fraction of sp³-hybridized carbons (Fsp3) is 0.200. The molecule has 0 fully saturated rings. The Kier molecular flexibility index (Phi) is 7.15. The van der Waals surface area contributed by atoms with Gasteiger partial charge in [-0.2, -0.15) is 0 Å². The van der Waals surface area contributed by atoms with Gasteiger partial charge in [0.1, 0.15) is 22.4 Å². The molecular formula is C60H49BN2O2. The van der Waals surface area contributed by atoms with Crippen molar-refractivity contribution in [1.82, 2.24) is 4.48 Å². The van der Waals surface area contributed by atoms with Gasteiger partial charge in [0.15, 0.2) is 0 Å². The second-order valence-corrected chi connectivity index (χ2v) is 21.5. The molecule has 5 heteroatoms. The van der Waals surface area contributed by atoms with Crippen molar-refractivity contribution in [3.8, 4) is 22.3 Å². The number of hydrogen-bond donors (Lipinski definition) is 0. The maximum Gasteiger partial charge on any atom is 0.376 e. The van der Waals surface area contributed by atoms with E-state index < -0.39 is 0 Å². The number of rotatable bonds is 2. The minimum Gasteiger partial charge on any atom is -0.466 e. The maximum absolute atomic E-state index is 7.69. The molecule has 8 aromatic carbocycles. The van der Waals surface area contributed by atoms with Gasteiger partial charge >= 0.3 is 6.85 Å². The minimum atomic E-state index is -0.264. The van der Waals surface area contributed by atoms with E-state index in [0.717, 1.165) is 68.5 Å². The van der Waals surface area contributed by atoms with Crippen molar-refractivity contribution in [2.24, 2.45) is 0 Å². The molecule has 0 amide bonds. The molecule has 3 aliphatic rings. The van der Waals surface area contributed by atoms with Gasteiger partial charge < -0.3 is 18.2 Å². The molecule has 0 saturated heterocycles. The molecule has 0 atom stereocenters. The Labute approximate surface area is 379 Å². The van der Waals surface area contributed by atoms with E-state index in [4.69, 9.17) is 8.83 Å². The highest BCUT2D eigenvalue weighted by atomic mass is 16.3. The summed E-state index contributed by atoms with van der Waals surface area (Å²) >= 11 is 0. The van der Waals surface area contributed by atoms with E-state index in [0.29, 0.717) is 0 Å². The number of anilines is 3. The number of furan rings is 2. The molecular weight excluding hydrogens is 791 g/mol. The first-order valence-corrected chi connectivity index (χ1v) is 23.4. The van der Waals surface area contributed by atoms with E-state index in [-0.39, 0.29) is 23.1 Å². The summed E-state index contributed by atoms with van der Waals surface area (Å²) in [5.41, 5.74) is 19.6. The average Bonchev–Trinajstić information content (AvgIpc) is 3.97. The van der Waals surface area contributed by atoms with Crippen molar-refractivity contribution >= 4 is 101 Å². The molecule has 65 heavy (non-hydrogen) atoms. The van der Waals surface area contributed by atoms with E-state index in [1.54, 1.807) is 0 Å². The molecule has 0 spiro atoms. The molecule has 3 aromatic heterocycles. The maximum atomic E-state index is 7.69. The molecule has 0 bridgehead atoms. The summed E-state index contributed by atoms with van der Waals surface area (Å²) in [6.07, 6.45) is 2.26. The average molecular weight is 841 g/mol. The number of nitrogens with zero attached hydrogens (tertiary/aromatic N) is 2. The Balaban J connectivity index is 1.22. The Bertz CT molecular complexity index is 3890. The van der Waals surface area contributed by atoms with E-state index in [9.17, 15) is 0 Å². The second kappa shape index (κ2) is 12.4. The smallest absolute Gasteiger partial charge is 0.376 e. The van der Waals surface area contributed by atoms with E-state index in [1.807, 2.05) is 0 Å². The quantitative estimate of drug-likeness (QED) is 0.163. The second-order valence-electron chi connectivity index (χ2n) is 21.5. The van der Waals surface area contributed by atoms with E-state index in [2.05, 4.69) is 203 Å². The molecule has 0 radical (unpaired) electrons. The van der Waals surface area contributed by atoms with Crippen LogP contribution < -0.4 is 16.0 Å². The first kappa shape index (κ1) is 37.4. The van der Waals surface area contributed by atoms with Crippen LogP contribution in [-0.2, 0) is 16.2 Å². The van der Waals surface area contributed by atoms with Crippen LogP contribution in [0.25, 0.3) is 87.7 Å². The van der Waals surface area contributed by atoms with Crippen molar-refractivity contribution in [3.05, 3.63) is 162 Å². The third-order valence-electron chi connectivity index (χ3n) is 15.7. The van der Waals surface area contributed by atoms with Crippen molar-refractivity contribution in [2.45, 2.75) is 77.6 Å². The lowest BCUT2D eigenvalue weighted by molar-refractivity contribution is 0.332. The summed E-state index contributed by atoms with van der Waals surface area (Å²) in [7, 11) is 0. The van der Waals surface area contributed by atoms with E-state index in [1.165, 1.54) is 77.0 Å². The van der Waals surface area contributed by atoms with Crippen molar-refractivity contribution in [2.75, 3.05) is 4.90 Å². The van der Waals surface area contributed by atoms with Crippen LogP contribution in [0.5, 0.6) is 0 Å². The highest BCUT2D eigenvalue weighted by Gasteiger charge is 2.49. The summed E-state index contributed by atoms with van der Waals surface area (Å²) in [4.78, 5) is 2.61. The van der Waals surface area contributed by atoms with Gasteiger partial charge in [0.05, 0.1) is 22.4 Å². The fourth-order valence-corrected chi connectivity index (χ4v) is 12.2. The first-order valence-electron chi connectivity index (χ1n) is 23.4. The van der Waals surface area contributed by atoms with Crippen LogP contribution >= 0.6 is 0 Å². The third-order valence-corrected chi connectivity index (χ3v) is 15.7. The van der Waals surface area contributed by atoms with Gasteiger partial charge in [0.25, 0.3) is 0 Å². The normalized spacial score (nSPS) is 16.0. The third kappa shape index (κ3) is 4.94. The van der Waals surface area contributed by atoms with Gasteiger partial charge in [0, 0.05) is 43.7 Å². The molecule has 0 saturated carbocycles. The van der Waals surface area contributed by atoms with Crippen LogP contribution in [0, 0.1) is 0 Å². The Morgan fingerprint density at radius 3 is 2.03 bits per heavy atom. The monoisotopic (exact) mass is 840 g/mol. The molecule has 5 heterocycles. The van der Waals surface area contributed by atoms with Gasteiger partial charge in [-0.3, -0.25) is 0 Å². The Morgan fingerprint density at radius 2 is 1.25 bits per heavy atom. The fourth-order valence-electron chi connectivity index (χ4n) is 12.2. The highest BCUT2D eigenvalue weighted by Crippen LogP contribution is 2.55. The molecule has 4 nitrogen and oxygen atoms in total. The van der Waals surface area contributed by atoms with Gasteiger partial charge in [-0.25, -0.2) is 0 Å². The topological polar surface area (TPSA) is 34.5 Å². The molecule has 2 aliphatic heterocycles. The predicted octanol–water partition coefficient (Wildman–Crippen LogP) is 15.3. The lowest BCUT2D eigenvalue weighted by Crippen LogP contribution is -2.56. The standard InChI is InChI=1S/C60H49BN2O2/c1-58(2,3)37-24-25-47(41(30-37)34-16-9-8-10-17-34)62-55-44-31-45-46(60(6,7)27-26-59(45,4)5)33-50(44)65-57(55)61-53-43(32-51-52(56(53)62)40-20-13-14-23-49(40)64-51)39-22-15-21-38-42-28-35-18-11-12-19-36(35)29-48(42)63(61)54(38)39/h8-25,28-33H,26-27H2,1-7H3. The largest absolute Gasteiger partial charge is 0.466 e. The predicted molar refractivity (Wildman–Crippen MR) is 274 cm³/mol. The minimum absolute atomic E-state index is 0.00101. The summed E-state index contributed by atoms with van der Waals surface area (Å²) in [5, 5.41) is 8.37. The first-order chi connectivity index (χ1) is 31.4. The number of benzene rings is 8. The summed E-state index contributed by atoms with van der Waals surface area (Å²) in [5.74, 6) is 0. The Hall–Kier alpha value is -6.98. The van der Waals surface area contributed by atoms with Crippen LogP contribution in [0.2, 0.25) is 0 Å². The lowest BCUT2D eigenvalue weighted by Gasteiger charge is -2.42. The lowest BCUT2D eigenvalue weighted by atomic mass is 9.47. The van der Waals surface area contributed by atoms with Gasteiger partial charge in [-0.05, 0) is 122 Å². The number of aromatic nitrogens is 1. The Morgan fingerprint density at radius 1 is 0.538 bits per heavy atom. The van der Waals surface area contributed by atoms with Gasteiger partial charge in [-0.1, -0.05) is 146 Å². The highest BCUT2D eigenvalue weighted by molar-refractivity contribution is 6.90. The van der Waals surface area contributed by atoms with Crippen LogP contribution in [0.15, 0.2) is 154 Å². The van der Waals surface area contributed by atoms with Crippen LogP contribution in [-0.4, -0.2) is 11.3 Å². The zero-order chi connectivity index (χ0) is 43.9. The zero-order valence-corrected chi connectivity index (χ0v) is 38.1. The summed E-state index contributed by atoms with van der Waals surface area (Å²) < 4.78 is 17.3. The molecule has 1 aliphatic carbocycles. The van der Waals surface area contributed by atoms with Gasteiger partial charge in [0.2, 0.25) is 0 Å². The SMILES string of the molecule is CC(C)(C)c1ccc(N2c3c(oc4cc5c(cc34)C(C)(C)CCC5(C)C)B3c4c(cc5oc6ccccc6c5c42)-c2cccc4c5cc6ccccc6cc5n3c24)c(-c2ccccc2)c1. The zero-order valence-electron chi connectivity index (χ0n) is 38.1. The van der Waals surface area contributed by atoms with Crippen LogP contribution in [0.1, 0.15) is 78.0 Å².